The summed E-state index contributed by atoms with van der Waals surface area (Å²) in [6.45, 7) is 0. The summed E-state index contributed by atoms with van der Waals surface area (Å²) in [7, 11) is 0. The Balaban J connectivity index is 2.02. The molecule has 0 fully saturated rings. The van der Waals surface area contributed by atoms with Crippen molar-refractivity contribution in [3.8, 4) is 0 Å². The fourth-order valence-electron chi connectivity index (χ4n) is 1.86. The van der Waals surface area contributed by atoms with Crippen molar-refractivity contribution in [2.24, 2.45) is 0 Å². The highest BCUT2D eigenvalue weighted by atomic mass is 32.2. The number of rotatable bonds is 8. The molecule has 124 valence electrons. The van der Waals surface area contributed by atoms with Gasteiger partial charge in [0.15, 0.2) is 5.78 Å². The predicted molar refractivity (Wildman–Crippen MR) is 93.0 cm³/mol. The maximum absolute atomic E-state index is 12.4. The normalized spacial score (nSPS) is 10.3. The van der Waals surface area contributed by atoms with Crippen LogP contribution in [0.15, 0.2) is 58.3 Å². The fourth-order valence-corrected chi connectivity index (χ4v) is 3.10. The Morgan fingerprint density at radius 3 is 1.29 bits per heavy atom. The molecule has 0 unspecified atom stereocenters. The van der Waals surface area contributed by atoms with E-state index in [4.69, 9.17) is 10.2 Å². The first-order valence-corrected chi connectivity index (χ1v) is 8.87. The Bertz CT molecular complexity index is 675. The van der Waals surface area contributed by atoms with Gasteiger partial charge in [0.1, 0.15) is 0 Å². The highest BCUT2D eigenvalue weighted by molar-refractivity contribution is 8.00. The molecule has 2 N–H and O–H groups in total. The lowest BCUT2D eigenvalue weighted by Gasteiger charge is -2.04. The summed E-state index contributed by atoms with van der Waals surface area (Å²) < 4.78 is 0. The van der Waals surface area contributed by atoms with E-state index < -0.39 is 11.9 Å². The Morgan fingerprint density at radius 2 is 1.00 bits per heavy atom. The molecule has 7 heteroatoms. The van der Waals surface area contributed by atoms with E-state index in [9.17, 15) is 14.4 Å². The number of hydrogen-bond donors (Lipinski definition) is 2. The summed E-state index contributed by atoms with van der Waals surface area (Å²) in [6.07, 6.45) is 0. The molecule has 0 saturated carbocycles. The smallest absolute Gasteiger partial charge is 0.313 e. The molecular weight excluding hydrogens is 348 g/mol. The van der Waals surface area contributed by atoms with E-state index in [1.807, 2.05) is 0 Å². The number of aliphatic carboxylic acids is 2. The molecule has 0 aliphatic carbocycles. The molecule has 0 aromatic heterocycles. The van der Waals surface area contributed by atoms with Crippen LogP contribution in [0.1, 0.15) is 15.9 Å². The van der Waals surface area contributed by atoms with Crippen LogP contribution in [-0.4, -0.2) is 39.4 Å². The minimum atomic E-state index is -0.888. The molecule has 0 bridgehead atoms. The molecule has 0 saturated heterocycles. The lowest BCUT2D eigenvalue weighted by Crippen LogP contribution is -2.01. The van der Waals surface area contributed by atoms with Gasteiger partial charge in [-0.25, -0.2) is 0 Å². The predicted octanol–water partition coefficient (Wildman–Crippen LogP) is 3.27. The second-order valence-electron chi connectivity index (χ2n) is 4.74. The fraction of sp³-hybridized carbons (Fsp3) is 0.118. The van der Waals surface area contributed by atoms with Crippen molar-refractivity contribution in [1.82, 2.24) is 0 Å². The van der Waals surface area contributed by atoms with Crippen molar-refractivity contribution in [1.29, 1.82) is 0 Å². The quantitative estimate of drug-likeness (QED) is 0.550. The lowest BCUT2D eigenvalue weighted by atomic mass is 10.0. The van der Waals surface area contributed by atoms with Gasteiger partial charge in [0.2, 0.25) is 0 Å². The number of hydrogen-bond acceptors (Lipinski definition) is 5. The van der Waals surface area contributed by atoms with Crippen LogP contribution in [0.2, 0.25) is 0 Å². The van der Waals surface area contributed by atoms with E-state index in [0.717, 1.165) is 9.79 Å². The number of thioether (sulfide) groups is 2. The maximum atomic E-state index is 12.4. The molecule has 2 aromatic carbocycles. The zero-order valence-corrected chi connectivity index (χ0v) is 14.1. The first-order chi connectivity index (χ1) is 11.5. The molecule has 0 aliphatic heterocycles. The SMILES string of the molecule is O=C(O)CSc1ccc(C(=O)c2ccc(SCC(=O)O)cc2)cc1. The largest absolute Gasteiger partial charge is 0.481 e. The van der Waals surface area contributed by atoms with Crippen LogP contribution in [0.4, 0.5) is 0 Å². The van der Waals surface area contributed by atoms with E-state index >= 15 is 0 Å². The Kier molecular flexibility index (Phi) is 6.45. The molecule has 0 radical (unpaired) electrons. The minimum absolute atomic E-state index is 0.0250. The lowest BCUT2D eigenvalue weighted by molar-refractivity contribution is -0.134. The molecule has 0 aliphatic rings. The van der Waals surface area contributed by atoms with E-state index in [2.05, 4.69) is 0 Å². The van der Waals surface area contributed by atoms with Gasteiger partial charge in [-0.1, -0.05) is 0 Å². The number of carboxylic acids is 2. The van der Waals surface area contributed by atoms with Crippen molar-refractivity contribution < 1.29 is 24.6 Å². The maximum Gasteiger partial charge on any atom is 0.313 e. The molecule has 2 rings (SSSR count). The molecule has 0 spiro atoms. The number of benzene rings is 2. The van der Waals surface area contributed by atoms with Gasteiger partial charge in [-0.3, -0.25) is 14.4 Å². The highest BCUT2D eigenvalue weighted by Crippen LogP contribution is 2.21. The number of carbonyl (C=O) groups is 3. The molecule has 0 atom stereocenters. The van der Waals surface area contributed by atoms with Gasteiger partial charge in [-0.05, 0) is 48.5 Å². The van der Waals surface area contributed by atoms with Crippen LogP contribution in [0.25, 0.3) is 0 Å². The van der Waals surface area contributed by atoms with Crippen molar-refractivity contribution in [2.45, 2.75) is 9.79 Å². The van der Waals surface area contributed by atoms with Gasteiger partial charge in [0.05, 0.1) is 11.5 Å². The van der Waals surface area contributed by atoms with Gasteiger partial charge >= 0.3 is 11.9 Å². The zero-order chi connectivity index (χ0) is 17.5. The topological polar surface area (TPSA) is 91.7 Å². The minimum Gasteiger partial charge on any atom is -0.481 e. The summed E-state index contributed by atoms with van der Waals surface area (Å²) in [5, 5.41) is 17.3. The molecule has 5 nitrogen and oxygen atoms in total. The standard InChI is InChI=1S/C17H14O5S2/c18-15(19)9-23-13-5-1-11(2-6-13)17(22)12-3-7-14(8-4-12)24-10-16(20)21/h1-8H,9-10H2,(H,18,19)(H,20,21). The molecule has 0 heterocycles. The third-order valence-electron chi connectivity index (χ3n) is 2.96. The van der Waals surface area contributed by atoms with E-state index in [1.54, 1.807) is 48.5 Å². The van der Waals surface area contributed by atoms with Gasteiger partial charge < -0.3 is 10.2 Å². The highest BCUT2D eigenvalue weighted by Gasteiger charge is 2.10. The van der Waals surface area contributed by atoms with Gasteiger partial charge in [-0.15, -0.1) is 23.5 Å². The Hall–Kier alpha value is -2.25. The zero-order valence-electron chi connectivity index (χ0n) is 12.5. The third-order valence-corrected chi connectivity index (χ3v) is 4.95. The Labute approximate surface area is 147 Å². The van der Waals surface area contributed by atoms with Crippen LogP contribution in [0.3, 0.4) is 0 Å². The van der Waals surface area contributed by atoms with Gasteiger partial charge in [-0.2, -0.15) is 0 Å². The van der Waals surface area contributed by atoms with E-state index in [-0.39, 0.29) is 17.3 Å². The monoisotopic (exact) mass is 362 g/mol. The van der Waals surface area contributed by atoms with Crippen molar-refractivity contribution >= 4 is 41.2 Å². The van der Waals surface area contributed by atoms with Crippen LogP contribution in [-0.2, 0) is 9.59 Å². The van der Waals surface area contributed by atoms with Crippen LogP contribution in [0.5, 0.6) is 0 Å². The molecule has 2 aromatic rings. The molecular formula is C17H14O5S2. The first kappa shape index (κ1) is 18.1. The second-order valence-corrected chi connectivity index (χ2v) is 6.84. The van der Waals surface area contributed by atoms with Crippen LogP contribution < -0.4 is 0 Å². The number of carboxylic acid groups (broad SMARTS) is 2. The van der Waals surface area contributed by atoms with Crippen molar-refractivity contribution in [3.05, 3.63) is 59.7 Å². The van der Waals surface area contributed by atoms with Crippen molar-refractivity contribution in [3.63, 3.8) is 0 Å². The average molecular weight is 362 g/mol. The third kappa shape index (κ3) is 5.43. The summed E-state index contributed by atoms with van der Waals surface area (Å²) in [5.74, 6) is -1.97. The van der Waals surface area contributed by atoms with Gasteiger partial charge in [0, 0.05) is 20.9 Å². The Morgan fingerprint density at radius 1 is 0.667 bits per heavy atom. The summed E-state index contributed by atoms with van der Waals surface area (Å²) in [6, 6.07) is 13.5. The molecule has 24 heavy (non-hydrogen) atoms. The van der Waals surface area contributed by atoms with Gasteiger partial charge in [0.25, 0.3) is 0 Å². The van der Waals surface area contributed by atoms with Crippen molar-refractivity contribution in [2.75, 3.05) is 11.5 Å². The van der Waals surface area contributed by atoms with E-state index in [1.165, 1.54) is 23.5 Å². The second kappa shape index (κ2) is 8.56. The summed E-state index contributed by atoms with van der Waals surface area (Å²) in [5.41, 5.74) is 1.03. The first-order valence-electron chi connectivity index (χ1n) is 6.90. The number of carbonyl (C=O) groups excluding carboxylic acids is 1. The number of ketones is 1. The summed E-state index contributed by atoms with van der Waals surface area (Å²) in [4.78, 5) is 35.0. The molecule has 0 amide bonds. The van der Waals surface area contributed by atoms with Crippen LogP contribution in [0, 0.1) is 0 Å². The van der Waals surface area contributed by atoms with E-state index in [0.29, 0.717) is 11.1 Å². The summed E-state index contributed by atoms with van der Waals surface area (Å²) >= 11 is 2.39. The average Bonchev–Trinajstić information content (AvgIpc) is 2.58. The van der Waals surface area contributed by atoms with Crippen LogP contribution >= 0.6 is 23.5 Å².